The van der Waals surface area contributed by atoms with Crippen LogP contribution in [0, 0.1) is 0 Å². The molecule has 1 rings (SSSR count). The van der Waals surface area contributed by atoms with Crippen LogP contribution >= 0.6 is 0 Å². The predicted molar refractivity (Wildman–Crippen MR) is 41.9 cm³/mol. The predicted octanol–water partition coefficient (Wildman–Crippen LogP) is 0.815. The summed E-state index contributed by atoms with van der Waals surface area (Å²) in [5.41, 5.74) is 0. The zero-order valence-corrected chi connectivity index (χ0v) is 6.89. The van der Waals surface area contributed by atoms with Crippen LogP contribution in [0.15, 0.2) is 11.8 Å². The summed E-state index contributed by atoms with van der Waals surface area (Å²) in [6.07, 6.45) is 2.70. The smallest absolute Gasteiger partial charge is 0.286 e. The van der Waals surface area contributed by atoms with Crippen molar-refractivity contribution in [3.63, 3.8) is 0 Å². The fourth-order valence-electron chi connectivity index (χ4n) is 1.01. The second kappa shape index (κ2) is 3.42. The molecule has 0 radical (unpaired) electrons. The molecule has 0 aliphatic carbocycles. The van der Waals surface area contributed by atoms with Gasteiger partial charge in [-0.15, -0.1) is 0 Å². The Labute approximate surface area is 66.4 Å². The minimum absolute atomic E-state index is 0.0920. The maximum atomic E-state index is 11.1. The number of amides is 1. The van der Waals surface area contributed by atoms with Crippen LogP contribution in [-0.4, -0.2) is 18.6 Å². The minimum Gasteiger partial charge on any atom is -0.488 e. The van der Waals surface area contributed by atoms with Gasteiger partial charge in [-0.1, -0.05) is 0 Å². The van der Waals surface area contributed by atoms with Crippen LogP contribution in [0.3, 0.4) is 0 Å². The molecule has 0 spiro atoms. The Kier molecular flexibility index (Phi) is 2.52. The van der Waals surface area contributed by atoms with Crippen molar-refractivity contribution in [3.8, 4) is 0 Å². The van der Waals surface area contributed by atoms with Gasteiger partial charge in [-0.05, 0) is 26.3 Å². The number of rotatable bonds is 2. The number of carbonyl (C=O) groups excluding carboxylic acids is 1. The van der Waals surface area contributed by atoms with Crippen LogP contribution in [0.5, 0.6) is 0 Å². The highest BCUT2D eigenvalue weighted by Crippen LogP contribution is 2.08. The lowest BCUT2D eigenvalue weighted by molar-refractivity contribution is -0.122. The minimum atomic E-state index is -0.0920. The third kappa shape index (κ3) is 1.97. The second-order valence-electron chi connectivity index (χ2n) is 2.61. The Bertz CT molecular complexity index is 187. The van der Waals surface area contributed by atoms with E-state index in [4.69, 9.17) is 4.74 Å². The van der Waals surface area contributed by atoms with E-state index in [1.807, 2.05) is 19.9 Å². The van der Waals surface area contributed by atoms with E-state index in [0.29, 0.717) is 12.4 Å². The van der Waals surface area contributed by atoms with Gasteiger partial charge in [0.25, 0.3) is 5.91 Å². The number of hydrogen-bond acceptors (Lipinski definition) is 2. The number of ether oxygens (including phenoxy) is 1. The van der Waals surface area contributed by atoms with Gasteiger partial charge in [0.15, 0.2) is 5.76 Å². The van der Waals surface area contributed by atoms with E-state index in [1.165, 1.54) is 0 Å². The Hall–Kier alpha value is -0.990. The van der Waals surface area contributed by atoms with Crippen molar-refractivity contribution >= 4 is 5.91 Å². The first kappa shape index (κ1) is 8.11. The van der Waals surface area contributed by atoms with E-state index in [9.17, 15) is 4.79 Å². The average molecular weight is 155 g/mol. The Morgan fingerprint density at radius 3 is 3.09 bits per heavy atom. The summed E-state index contributed by atoms with van der Waals surface area (Å²) in [4.78, 5) is 11.1. The molecule has 3 nitrogen and oxygen atoms in total. The van der Waals surface area contributed by atoms with Gasteiger partial charge >= 0.3 is 0 Å². The lowest BCUT2D eigenvalue weighted by Gasteiger charge is -2.19. The van der Waals surface area contributed by atoms with Gasteiger partial charge in [-0.3, -0.25) is 4.79 Å². The molecule has 1 amide bonds. The third-order valence-electron chi connectivity index (χ3n) is 1.56. The molecule has 0 saturated heterocycles. The van der Waals surface area contributed by atoms with Crippen LogP contribution in [0.25, 0.3) is 0 Å². The zero-order valence-electron chi connectivity index (χ0n) is 6.89. The first-order chi connectivity index (χ1) is 5.24. The molecule has 0 aromatic rings. The molecule has 1 N–H and O–H groups in total. The molecule has 0 bridgehead atoms. The molecule has 1 heterocycles. The van der Waals surface area contributed by atoms with Crippen LogP contribution in [0.2, 0.25) is 0 Å². The summed E-state index contributed by atoms with van der Waals surface area (Å²) in [5, 5.41) is 2.78. The number of hydrogen-bond donors (Lipinski definition) is 1. The van der Waals surface area contributed by atoms with E-state index < -0.39 is 0 Å². The van der Waals surface area contributed by atoms with Gasteiger partial charge in [0, 0.05) is 6.04 Å². The molecule has 1 atom stereocenters. The van der Waals surface area contributed by atoms with E-state index >= 15 is 0 Å². The first-order valence-electron chi connectivity index (χ1n) is 3.88. The van der Waals surface area contributed by atoms with E-state index in [0.717, 1.165) is 6.42 Å². The van der Waals surface area contributed by atoms with Crippen molar-refractivity contribution in [1.29, 1.82) is 0 Å². The average Bonchev–Trinajstić information content (AvgIpc) is 1.95. The van der Waals surface area contributed by atoms with Crippen molar-refractivity contribution in [1.82, 2.24) is 5.32 Å². The molecule has 0 saturated carbocycles. The summed E-state index contributed by atoms with van der Waals surface area (Å²) in [7, 11) is 0. The summed E-state index contributed by atoms with van der Waals surface area (Å²) in [6, 6.07) is 0.242. The SMILES string of the molecule is CCOC1=CCC(C)NC1=O. The van der Waals surface area contributed by atoms with Crippen molar-refractivity contribution in [2.75, 3.05) is 6.61 Å². The third-order valence-corrected chi connectivity index (χ3v) is 1.56. The second-order valence-corrected chi connectivity index (χ2v) is 2.61. The van der Waals surface area contributed by atoms with E-state index in [1.54, 1.807) is 0 Å². The molecular weight excluding hydrogens is 142 g/mol. The number of nitrogens with one attached hydrogen (secondary N) is 1. The van der Waals surface area contributed by atoms with E-state index in [-0.39, 0.29) is 11.9 Å². The van der Waals surface area contributed by atoms with Gasteiger partial charge in [0.05, 0.1) is 6.61 Å². The summed E-state index contributed by atoms with van der Waals surface area (Å²) >= 11 is 0. The molecule has 3 heteroatoms. The molecule has 0 aromatic heterocycles. The summed E-state index contributed by atoms with van der Waals surface area (Å²) in [6.45, 7) is 4.39. The Balaban J connectivity index is 2.57. The highest BCUT2D eigenvalue weighted by atomic mass is 16.5. The molecule has 0 fully saturated rings. The Morgan fingerprint density at radius 2 is 2.55 bits per heavy atom. The quantitative estimate of drug-likeness (QED) is 0.641. The number of carbonyl (C=O) groups is 1. The van der Waals surface area contributed by atoms with Gasteiger partial charge < -0.3 is 10.1 Å². The van der Waals surface area contributed by atoms with Crippen molar-refractivity contribution in [2.45, 2.75) is 26.3 Å². The maximum Gasteiger partial charge on any atom is 0.286 e. The summed E-state index contributed by atoms with van der Waals surface area (Å²) in [5.74, 6) is 0.371. The highest BCUT2D eigenvalue weighted by Gasteiger charge is 2.17. The van der Waals surface area contributed by atoms with Crippen molar-refractivity contribution in [2.24, 2.45) is 0 Å². The summed E-state index contributed by atoms with van der Waals surface area (Å²) < 4.78 is 5.09. The monoisotopic (exact) mass is 155 g/mol. The lowest BCUT2D eigenvalue weighted by atomic mass is 10.1. The van der Waals surface area contributed by atoms with Crippen molar-refractivity contribution in [3.05, 3.63) is 11.8 Å². The Morgan fingerprint density at radius 1 is 1.82 bits per heavy atom. The zero-order chi connectivity index (χ0) is 8.27. The largest absolute Gasteiger partial charge is 0.488 e. The molecule has 1 aliphatic rings. The van der Waals surface area contributed by atoms with Crippen molar-refractivity contribution < 1.29 is 9.53 Å². The molecule has 11 heavy (non-hydrogen) atoms. The topological polar surface area (TPSA) is 38.3 Å². The molecule has 62 valence electrons. The van der Waals surface area contributed by atoms with Crippen LogP contribution in [-0.2, 0) is 9.53 Å². The van der Waals surface area contributed by atoms with Gasteiger partial charge in [0.2, 0.25) is 0 Å². The van der Waals surface area contributed by atoms with Crippen LogP contribution in [0.1, 0.15) is 20.3 Å². The van der Waals surface area contributed by atoms with Crippen LogP contribution < -0.4 is 5.32 Å². The maximum absolute atomic E-state index is 11.1. The molecule has 1 aliphatic heterocycles. The standard InChI is InChI=1S/C8H13NO2/c1-3-11-7-5-4-6(2)9-8(7)10/h5-6H,3-4H2,1-2H3,(H,9,10). The van der Waals surface area contributed by atoms with Gasteiger partial charge in [-0.25, -0.2) is 0 Å². The highest BCUT2D eigenvalue weighted by molar-refractivity contribution is 5.92. The lowest BCUT2D eigenvalue weighted by Crippen LogP contribution is -2.37. The first-order valence-corrected chi connectivity index (χ1v) is 3.88. The fourth-order valence-corrected chi connectivity index (χ4v) is 1.01. The fraction of sp³-hybridized carbons (Fsp3) is 0.625. The van der Waals surface area contributed by atoms with Gasteiger partial charge in [0.1, 0.15) is 0 Å². The molecule has 1 unspecified atom stereocenters. The van der Waals surface area contributed by atoms with E-state index in [2.05, 4.69) is 5.32 Å². The normalized spacial score (nSPS) is 24.0. The molecule has 0 aromatic carbocycles. The van der Waals surface area contributed by atoms with Gasteiger partial charge in [-0.2, -0.15) is 0 Å². The van der Waals surface area contributed by atoms with Crippen LogP contribution in [0.4, 0.5) is 0 Å². The molecular formula is C8H13NO2.